The first kappa shape index (κ1) is 23.1. The van der Waals surface area contributed by atoms with Gasteiger partial charge in [0.2, 0.25) is 10.0 Å². The van der Waals surface area contributed by atoms with Crippen molar-refractivity contribution in [2.75, 3.05) is 26.0 Å². The highest BCUT2D eigenvalue weighted by atomic mass is 32.2. The summed E-state index contributed by atoms with van der Waals surface area (Å²) in [7, 11) is -1.77. The molecule has 0 saturated carbocycles. The Hall–Kier alpha value is -2.58. The molecule has 31 heavy (non-hydrogen) atoms. The number of carbonyl (C=O) groups is 1. The van der Waals surface area contributed by atoms with E-state index in [9.17, 15) is 13.2 Å². The quantitative estimate of drug-likeness (QED) is 0.599. The van der Waals surface area contributed by atoms with Crippen LogP contribution in [0.3, 0.4) is 0 Å². The third-order valence-corrected chi connectivity index (χ3v) is 7.04. The maximum Gasteiger partial charge on any atom is 0.251 e. The van der Waals surface area contributed by atoms with E-state index in [-0.39, 0.29) is 17.8 Å². The van der Waals surface area contributed by atoms with Crippen LogP contribution in [-0.2, 0) is 23.0 Å². The molecule has 1 heterocycles. The zero-order chi connectivity index (χ0) is 22.4. The fraction of sp³-hybridized carbons (Fsp3) is 0.435. The molecule has 1 amide bonds. The molecule has 2 aromatic carbocycles. The van der Waals surface area contributed by atoms with Crippen molar-refractivity contribution in [3.63, 3.8) is 0 Å². The third-order valence-electron chi connectivity index (χ3n) is 5.14. The second-order valence-corrected chi connectivity index (χ2v) is 9.92. The summed E-state index contributed by atoms with van der Waals surface area (Å²) in [5, 5.41) is 2.79. The monoisotopic (exact) mass is 446 g/mol. The number of fused-ring (bicyclic) bond motifs is 1. The van der Waals surface area contributed by atoms with E-state index in [4.69, 9.17) is 9.47 Å². The van der Waals surface area contributed by atoms with Gasteiger partial charge in [-0.25, -0.2) is 8.42 Å². The highest BCUT2D eigenvalue weighted by Gasteiger charge is 2.26. The maximum absolute atomic E-state index is 12.7. The lowest BCUT2D eigenvalue weighted by atomic mass is 10.0. The van der Waals surface area contributed by atoms with Gasteiger partial charge in [-0.3, -0.25) is 4.79 Å². The first-order valence-corrected chi connectivity index (χ1v) is 12.1. The second kappa shape index (κ2) is 10.2. The lowest BCUT2D eigenvalue weighted by molar-refractivity contribution is 0.0953. The molecule has 0 aromatic heterocycles. The van der Waals surface area contributed by atoms with Gasteiger partial charge in [-0.05, 0) is 74.2 Å². The van der Waals surface area contributed by atoms with Gasteiger partial charge in [-0.2, -0.15) is 4.31 Å². The number of benzene rings is 2. The SMILES string of the molecule is COc1ccc2c(c1)CCN(S(=O)(=O)CCCNC(=O)c1ccc(OC(C)C)cc1)C2. The molecule has 168 valence electrons. The Morgan fingerprint density at radius 2 is 1.81 bits per heavy atom. The zero-order valence-corrected chi connectivity index (χ0v) is 19.1. The van der Waals surface area contributed by atoms with Gasteiger partial charge in [0.25, 0.3) is 5.91 Å². The standard InChI is InChI=1S/C23H30N2O5S/c1-17(2)30-21-8-5-18(6-9-21)23(26)24-12-4-14-31(27,28)25-13-11-19-15-22(29-3)10-7-20(19)16-25/h5-10,15,17H,4,11-14,16H2,1-3H3,(H,24,26). The Bertz CT molecular complexity index is 1000. The molecule has 0 atom stereocenters. The number of hydrogen-bond donors (Lipinski definition) is 1. The Kier molecular flexibility index (Phi) is 7.56. The van der Waals surface area contributed by atoms with Crippen molar-refractivity contribution < 1.29 is 22.7 Å². The molecule has 1 N–H and O–H groups in total. The van der Waals surface area contributed by atoms with Crippen molar-refractivity contribution >= 4 is 15.9 Å². The topological polar surface area (TPSA) is 84.9 Å². The van der Waals surface area contributed by atoms with Gasteiger partial charge in [-0.15, -0.1) is 0 Å². The molecule has 8 heteroatoms. The van der Waals surface area contributed by atoms with Crippen LogP contribution in [-0.4, -0.2) is 50.7 Å². The third kappa shape index (κ3) is 6.21. The molecule has 0 fully saturated rings. The van der Waals surface area contributed by atoms with Crippen molar-refractivity contribution in [3.05, 3.63) is 59.2 Å². The Balaban J connectivity index is 1.47. The molecular weight excluding hydrogens is 416 g/mol. The first-order valence-electron chi connectivity index (χ1n) is 10.5. The minimum absolute atomic E-state index is 0.0000652. The van der Waals surface area contributed by atoms with Gasteiger partial charge < -0.3 is 14.8 Å². The van der Waals surface area contributed by atoms with Crippen LogP contribution in [0.15, 0.2) is 42.5 Å². The van der Waals surface area contributed by atoms with E-state index < -0.39 is 10.0 Å². The van der Waals surface area contributed by atoms with Crippen LogP contribution in [0.5, 0.6) is 11.5 Å². The van der Waals surface area contributed by atoms with Crippen LogP contribution >= 0.6 is 0 Å². The summed E-state index contributed by atoms with van der Waals surface area (Å²) >= 11 is 0. The molecule has 1 aliphatic rings. The van der Waals surface area contributed by atoms with Crippen LogP contribution in [0.1, 0.15) is 41.8 Å². The Morgan fingerprint density at radius 3 is 2.48 bits per heavy atom. The van der Waals surface area contributed by atoms with E-state index in [0.717, 1.165) is 16.9 Å². The number of sulfonamides is 1. The molecule has 2 aromatic rings. The number of nitrogens with one attached hydrogen (secondary N) is 1. The summed E-state index contributed by atoms with van der Waals surface area (Å²) in [6.45, 7) is 5.01. The Labute approximate surface area is 184 Å². The number of ether oxygens (including phenoxy) is 2. The summed E-state index contributed by atoms with van der Waals surface area (Å²) < 4.78 is 37.8. The van der Waals surface area contributed by atoms with Crippen molar-refractivity contribution in [3.8, 4) is 11.5 Å². The molecule has 0 unspecified atom stereocenters. The number of hydrogen-bond acceptors (Lipinski definition) is 5. The van der Waals surface area contributed by atoms with Gasteiger partial charge >= 0.3 is 0 Å². The molecule has 0 aliphatic carbocycles. The zero-order valence-electron chi connectivity index (χ0n) is 18.3. The van der Waals surface area contributed by atoms with E-state index >= 15 is 0 Å². The van der Waals surface area contributed by atoms with Gasteiger partial charge in [0.1, 0.15) is 11.5 Å². The van der Waals surface area contributed by atoms with Crippen molar-refractivity contribution in [2.24, 2.45) is 0 Å². The molecule has 1 aliphatic heterocycles. The van der Waals surface area contributed by atoms with E-state index in [2.05, 4.69) is 5.32 Å². The predicted molar refractivity (Wildman–Crippen MR) is 120 cm³/mol. The minimum atomic E-state index is -3.39. The van der Waals surface area contributed by atoms with Crippen LogP contribution in [0.4, 0.5) is 0 Å². The van der Waals surface area contributed by atoms with Crippen molar-refractivity contribution in [1.82, 2.24) is 9.62 Å². The maximum atomic E-state index is 12.7. The first-order chi connectivity index (χ1) is 14.8. The summed E-state index contributed by atoms with van der Waals surface area (Å²) in [5.74, 6) is 1.27. The summed E-state index contributed by atoms with van der Waals surface area (Å²) in [4.78, 5) is 12.3. The average Bonchev–Trinajstić information content (AvgIpc) is 2.76. The molecule has 0 spiro atoms. The molecular formula is C23H30N2O5S. The molecule has 0 bridgehead atoms. The summed E-state index contributed by atoms with van der Waals surface area (Å²) in [5.41, 5.74) is 2.65. The van der Waals surface area contributed by atoms with Crippen LogP contribution < -0.4 is 14.8 Å². The number of rotatable bonds is 9. The number of methoxy groups -OCH3 is 1. The smallest absolute Gasteiger partial charge is 0.251 e. The average molecular weight is 447 g/mol. The molecule has 7 nitrogen and oxygen atoms in total. The second-order valence-electron chi connectivity index (χ2n) is 7.83. The van der Waals surface area contributed by atoms with Gasteiger partial charge in [-0.1, -0.05) is 6.07 Å². The fourth-order valence-corrected chi connectivity index (χ4v) is 4.99. The highest BCUT2D eigenvalue weighted by Crippen LogP contribution is 2.25. The van der Waals surface area contributed by atoms with Gasteiger partial charge in [0, 0.05) is 25.2 Å². The van der Waals surface area contributed by atoms with Crippen molar-refractivity contribution in [2.45, 2.75) is 39.3 Å². The van der Waals surface area contributed by atoms with E-state index in [0.29, 0.717) is 43.8 Å². The largest absolute Gasteiger partial charge is 0.497 e. The van der Waals surface area contributed by atoms with Crippen molar-refractivity contribution in [1.29, 1.82) is 0 Å². The van der Waals surface area contributed by atoms with Gasteiger partial charge in [0.05, 0.1) is 19.0 Å². The van der Waals surface area contributed by atoms with Crippen LogP contribution in [0, 0.1) is 0 Å². The Morgan fingerprint density at radius 1 is 1.10 bits per heavy atom. The number of nitrogens with zero attached hydrogens (tertiary/aromatic N) is 1. The summed E-state index contributed by atoms with van der Waals surface area (Å²) in [6, 6.07) is 12.6. The molecule has 3 rings (SSSR count). The van der Waals surface area contributed by atoms with Crippen LogP contribution in [0.25, 0.3) is 0 Å². The van der Waals surface area contributed by atoms with Gasteiger partial charge in [0.15, 0.2) is 0 Å². The lowest BCUT2D eigenvalue weighted by Gasteiger charge is -2.28. The van der Waals surface area contributed by atoms with E-state index in [1.54, 1.807) is 31.4 Å². The van der Waals surface area contributed by atoms with E-state index in [1.807, 2.05) is 32.0 Å². The highest BCUT2D eigenvalue weighted by molar-refractivity contribution is 7.89. The van der Waals surface area contributed by atoms with Crippen LogP contribution in [0.2, 0.25) is 0 Å². The summed E-state index contributed by atoms with van der Waals surface area (Å²) in [6.07, 6.45) is 1.09. The predicted octanol–water partition coefficient (Wildman–Crippen LogP) is 2.99. The molecule has 0 saturated heterocycles. The number of amides is 1. The normalized spacial score (nSPS) is 14.2. The number of carbonyl (C=O) groups excluding carboxylic acids is 1. The lowest BCUT2D eigenvalue weighted by Crippen LogP contribution is -2.38. The minimum Gasteiger partial charge on any atom is -0.497 e. The van der Waals surface area contributed by atoms with E-state index in [1.165, 1.54) is 4.31 Å². The molecule has 0 radical (unpaired) electrons. The fourth-order valence-electron chi connectivity index (χ4n) is 3.51.